The van der Waals surface area contributed by atoms with Gasteiger partial charge in [0.25, 0.3) is 0 Å². The van der Waals surface area contributed by atoms with Crippen molar-refractivity contribution in [1.29, 1.82) is 0 Å². The smallest absolute Gasteiger partial charge is 0.668 e. The van der Waals surface area contributed by atoms with Crippen molar-refractivity contribution in [3.63, 3.8) is 0 Å². The molecule has 0 bridgehead atoms. The first-order valence-electron chi connectivity index (χ1n) is 10.8. The van der Waals surface area contributed by atoms with Crippen LogP contribution in [0.15, 0.2) is 85.3 Å². The average Bonchev–Trinajstić information content (AvgIpc) is 3.37. The van der Waals surface area contributed by atoms with Crippen molar-refractivity contribution in [2.75, 3.05) is 6.54 Å². The molecule has 0 saturated heterocycles. The molecular formula is C28H19F3IrN3. The zero-order chi connectivity index (χ0) is 23.5. The molecular weight excluding hydrogens is 628 g/mol. The number of hydrogen-bond donors (Lipinski definition) is 0. The molecule has 176 valence electrons. The Morgan fingerprint density at radius 2 is 1.83 bits per heavy atom. The van der Waals surface area contributed by atoms with Gasteiger partial charge in [-0.05, 0) is 35.3 Å². The monoisotopic (exact) mass is 647 g/mol. The van der Waals surface area contributed by atoms with Crippen molar-refractivity contribution in [2.45, 2.75) is 12.6 Å². The molecule has 1 aromatic heterocycles. The SMILES string of the molecule is Fc1[c-]c(-c2ncccc2-c2ccccc2)c(F)c(F)c1.[Ir+3].[c-]1cccc2c1C1[N-]C=CN1CC2. The third kappa shape index (κ3) is 5.16. The fourth-order valence-corrected chi connectivity index (χ4v) is 4.13. The van der Waals surface area contributed by atoms with Gasteiger partial charge in [-0.15, -0.1) is 6.07 Å². The van der Waals surface area contributed by atoms with E-state index in [0.717, 1.165) is 18.5 Å². The largest absolute Gasteiger partial charge is 3.00 e. The van der Waals surface area contributed by atoms with Crippen LogP contribution in [0.3, 0.4) is 0 Å². The fraction of sp³-hybridized carbons (Fsp3) is 0.107. The molecule has 2 aliphatic heterocycles. The Morgan fingerprint density at radius 3 is 2.66 bits per heavy atom. The molecule has 0 radical (unpaired) electrons. The first kappa shape index (κ1) is 24.7. The predicted octanol–water partition coefficient (Wildman–Crippen LogP) is 6.83. The molecule has 4 aromatic rings. The van der Waals surface area contributed by atoms with Gasteiger partial charge in [0.15, 0.2) is 0 Å². The van der Waals surface area contributed by atoms with Gasteiger partial charge < -0.3 is 15.2 Å². The number of hydrogen-bond acceptors (Lipinski definition) is 2. The van der Waals surface area contributed by atoms with Crippen molar-refractivity contribution in [1.82, 2.24) is 9.88 Å². The summed E-state index contributed by atoms with van der Waals surface area (Å²) in [5, 5.41) is 4.41. The van der Waals surface area contributed by atoms with Crippen LogP contribution in [0.5, 0.6) is 0 Å². The van der Waals surface area contributed by atoms with Crippen LogP contribution in [0.25, 0.3) is 27.7 Å². The number of rotatable bonds is 2. The van der Waals surface area contributed by atoms with Gasteiger partial charge in [0.1, 0.15) is 0 Å². The molecule has 0 aliphatic carbocycles. The van der Waals surface area contributed by atoms with Crippen LogP contribution in [0.2, 0.25) is 0 Å². The number of pyridine rings is 1. The van der Waals surface area contributed by atoms with Gasteiger partial charge in [-0.1, -0.05) is 54.4 Å². The fourth-order valence-electron chi connectivity index (χ4n) is 4.13. The second-order valence-electron chi connectivity index (χ2n) is 7.84. The van der Waals surface area contributed by atoms with Crippen LogP contribution in [0, 0.1) is 29.6 Å². The molecule has 35 heavy (non-hydrogen) atoms. The summed E-state index contributed by atoms with van der Waals surface area (Å²) in [7, 11) is 0. The van der Waals surface area contributed by atoms with Gasteiger partial charge in [-0.3, -0.25) is 4.39 Å². The Morgan fingerprint density at radius 1 is 1.00 bits per heavy atom. The van der Waals surface area contributed by atoms with Crippen LogP contribution in [0.4, 0.5) is 13.2 Å². The maximum Gasteiger partial charge on any atom is 3.00 e. The number of nitrogens with zero attached hydrogens (tertiary/aromatic N) is 3. The Labute approximate surface area is 215 Å². The van der Waals surface area contributed by atoms with Crippen LogP contribution >= 0.6 is 0 Å². The number of halogens is 3. The minimum atomic E-state index is -1.26. The minimum Gasteiger partial charge on any atom is -0.668 e. The molecule has 1 unspecified atom stereocenters. The number of aromatic nitrogens is 1. The average molecular weight is 647 g/mol. The molecule has 3 aromatic carbocycles. The van der Waals surface area contributed by atoms with E-state index in [9.17, 15) is 13.2 Å². The maximum absolute atomic E-state index is 14.0. The summed E-state index contributed by atoms with van der Waals surface area (Å²) in [5.41, 5.74) is 3.85. The topological polar surface area (TPSA) is 30.2 Å². The van der Waals surface area contributed by atoms with Gasteiger partial charge in [-0.25, -0.2) is 8.78 Å². The number of fused-ring (bicyclic) bond motifs is 3. The second kappa shape index (κ2) is 10.9. The Balaban J connectivity index is 0.000000177. The van der Waals surface area contributed by atoms with Crippen molar-refractivity contribution >= 4 is 0 Å². The molecule has 3 nitrogen and oxygen atoms in total. The standard InChI is InChI=1S/C17H9F3N.C11H10N2.Ir/c18-12-9-14(16(20)15(19)10-12)17-13(7-4-8-21-17)11-5-2-1-3-6-11;1-2-4-10-9(3-1)5-7-13-8-6-12-11(10)13;/h1-8,10H;1-3,6,8,11H,5,7H2;/q-1;-2;+3. The predicted molar refractivity (Wildman–Crippen MR) is 125 cm³/mol. The second-order valence-corrected chi connectivity index (χ2v) is 7.84. The van der Waals surface area contributed by atoms with Crippen LogP contribution in [-0.4, -0.2) is 16.4 Å². The summed E-state index contributed by atoms with van der Waals surface area (Å²) < 4.78 is 40.7. The van der Waals surface area contributed by atoms with E-state index in [1.165, 1.54) is 17.3 Å². The molecule has 3 heterocycles. The van der Waals surface area contributed by atoms with E-state index in [-0.39, 0.29) is 37.5 Å². The molecule has 0 saturated carbocycles. The van der Waals surface area contributed by atoms with Crippen LogP contribution in [-0.2, 0) is 26.5 Å². The summed E-state index contributed by atoms with van der Waals surface area (Å²) in [6.07, 6.45) is 6.72. The third-order valence-electron chi connectivity index (χ3n) is 5.73. The molecule has 1 atom stereocenters. The summed E-state index contributed by atoms with van der Waals surface area (Å²) in [6.45, 7) is 1.08. The van der Waals surface area contributed by atoms with Crippen LogP contribution < -0.4 is 0 Å². The molecule has 0 spiro atoms. The molecule has 7 heteroatoms. The first-order chi connectivity index (χ1) is 16.6. The number of benzene rings is 3. The Kier molecular flexibility index (Phi) is 7.69. The van der Waals surface area contributed by atoms with E-state index < -0.39 is 17.5 Å². The van der Waals surface area contributed by atoms with Gasteiger partial charge in [-0.2, -0.15) is 41.6 Å². The molecule has 0 amide bonds. The normalized spacial score (nSPS) is 15.2. The first-order valence-corrected chi connectivity index (χ1v) is 10.8. The van der Waals surface area contributed by atoms with Crippen molar-refractivity contribution < 1.29 is 33.3 Å². The molecule has 6 rings (SSSR count). The van der Waals surface area contributed by atoms with Crippen molar-refractivity contribution in [2.24, 2.45) is 0 Å². The molecule has 0 fully saturated rings. The van der Waals surface area contributed by atoms with E-state index in [0.29, 0.717) is 11.6 Å². The third-order valence-corrected chi connectivity index (χ3v) is 5.73. The Bertz CT molecular complexity index is 1340. The summed E-state index contributed by atoms with van der Waals surface area (Å²) in [4.78, 5) is 6.33. The quantitative estimate of drug-likeness (QED) is 0.177. The molecule has 2 aliphatic rings. The maximum atomic E-state index is 14.0. The van der Waals surface area contributed by atoms with Gasteiger partial charge in [0, 0.05) is 18.6 Å². The van der Waals surface area contributed by atoms with Gasteiger partial charge >= 0.3 is 20.1 Å². The zero-order valence-corrected chi connectivity index (χ0v) is 20.8. The molecule has 0 N–H and O–H groups in total. The van der Waals surface area contributed by atoms with E-state index >= 15 is 0 Å². The van der Waals surface area contributed by atoms with Gasteiger partial charge in [0.05, 0.1) is 11.6 Å². The van der Waals surface area contributed by atoms with E-state index in [2.05, 4.69) is 45.7 Å². The van der Waals surface area contributed by atoms with Gasteiger partial charge in [0.2, 0.25) is 0 Å². The summed E-state index contributed by atoms with van der Waals surface area (Å²) in [6, 6.07) is 24.6. The van der Waals surface area contributed by atoms with Crippen molar-refractivity contribution in [3.8, 4) is 22.4 Å². The van der Waals surface area contributed by atoms with Crippen molar-refractivity contribution in [3.05, 3.63) is 131 Å². The van der Waals surface area contributed by atoms with E-state index in [1.807, 2.05) is 42.6 Å². The van der Waals surface area contributed by atoms with Crippen LogP contribution in [0.1, 0.15) is 17.3 Å². The minimum absolute atomic E-state index is 0. The summed E-state index contributed by atoms with van der Waals surface area (Å²) >= 11 is 0. The zero-order valence-electron chi connectivity index (χ0n) is 18.4. The van der Waals surface area contributed by atoms with E-state index in [4.69, 9.17) is 0 Å². The summed E-state index contributed by atoms with van der Waals surface area (Å²) in [5.74, 6) is -3.38. The van der Waals surface area contributed by atoms with E-state index in [1.54, 1.807) is 12.1 Å². The Hall–Kier alpha value is -3.41.